The maximum Gasteiger partial charge on any atom is 0.312 e. The lowest BCUT2D eigenvalue weighted by Gasteiger charge is -2.40. The van der Waals surface area contributed by atoms with Crippen molar-refractivity contribution in [3.63, 3.8) is 0 Å². The Morgan fingerprint density at radius 3 is 2.57 bits per heavy atom. The van der Waals surface area contributed by atoms with Gasteiger partial charge in [-0.3, -0.25) is 14.4 Å². The van der Waals surface area contributed by atoms with Crippen molar-refractivity contribution in [2.75, 3.05) is 26.3 Å². The van der Waals surface area contributed by atoms with Crippen LogP contribution < -0.4 is 0 Å². The molecule has 2 fully saturated rings. The summed E-state index contributed by atoms with van der Waals surface area (Å²) in [5.74, 6) is -2.35. The number of likely N-dealkylation sites (tertiary alicyclic amines) is 1. The van der Waals surface area contributed by atoms with Crippen LogP contribution in [0.25, 0.3) is 0 Å². The Labute approximate surface area is 208 Å². The van der Waals surface area contributed by atoms with Crippen molar-refractivity contribution >= 4 is 17.8 Å². The molecule has 2 saturated heterocycles. The van der Waals surface area contributed by atoms with Crippen molar-refractivity contribution < 1.29 is 29.0 Å². The largest absolute Gasteiger partial charge is 0.465 e. The summed E-state index contributed by atoms with van der Waals surface area (Å²) < 4.78 is 12.2. The lowest BCUT2D eigenvalue weighted by molar-refractivity contribution is -0.155. The van der Waals surface area contributed by atoms with Crippen LogP contribution in [0.3, 0.4) is 0 Å². The topological polar surface area (TPSA) is 96.4 Å². The van der Waals surface area contributed by atoms with Crippen molar-refractivity contribution in [2.45, 2.75) is 89.0 Å². The van der Waals surface area contributed by atoms with Crippen LogP contribution in [0.2, 0.25) is 0 Å². The third kappa shape index (κ3) is 4.79. The van der Waals surface area contributed by atoms with Crippen molar-refractivity contribution in [1.82, 2.24) is 9.80 Å². The van der Waals surface area contributed by atoms with Gasteiger partial charge in [-0.05, 0) is 52.9 Å². The van der Waals surface area contributed by atoms with Gasteiger partial charge in [-0.1, -0.05) is 37.1 Å². The number of unbranched alkanes of at least 4 members (excludes halogenated alkanes) is 3. The summed E-state index contributed by atoms with van der Waals surface area (Å²) in [6.07, 6.45) is 12.8. The second-order valence-corrected chi connectivity index (χ2v) is 11.1. The van der Waals surface area contributed by atoms with Crippen LogP contribution in [0.4, 0.5) is 0 Å². The normalized spacial score (nSPS) is 34.2. The highest BCUT2D eigenvalue weighted by atomic mass is 16.6. The van der Waals surface area contributed by atoms with Crippen molar-refractivity contribution in [3.8, 4) is 0 Å². The zero-order valence-corrected chi connectivity index (χ0v) is 21.3. The highest BCUT2D eigenvalue weighted by Gasteiger charge is 2.71. The van der Waals surface area contributed by atoms with Gasteiger partial charge in [0.1, 0.15) is 17.6 Å². The summed E-state index contributed by atoms with van der Waals surface area (Å²) in [6.45, 7) is 7.27. The number of allylic oxidation sites excluding steroid dienone is 1. The van der Waals surface area contributed by atoms with Gasteiger partial charge < -0.3 is 24.4 Å². The molecule has 4 aliphatic rings. The van der Waals surface area contributed by atoms with E-state index in [-0.39, 0.29) is 18.4 Å². The highest BCUT2D eigenvalue weighted by molar-refractivity contribution is 5.99. The molecule has 2 amide bonds. The number of cyclic esters (lactones) is 1. The third-order valence-corrected chi connectivity index (χ3v) is 7.72. The second-order valence-electron chi connectivity index (χ2n) is 11.1. The number of carbonyl (C=O) groups excluding carboxylic acids is 3. The van der Waals surface area contributed by atoms with Crippen molar-refractivity contribution in [1.29, 1.82) is 0 Å². The Hall–Kier alpha value is -2.19. The predicted molar refractivity (Wildman–Crippen MR) is 130 cm³/mol. The van der Waals surface area contributed by atoms with Gasteiger partial charge in [-0.2, -0.15) is 0 Å². The molecule has 4 aliphatic heterocycles. The molecule has 5 atom stereocenters. The van der Waals surface area contributed by atoms with Crippen LogP contribution in [-0.2, 0) is 23.9 Å². The fraction of sp³-hybridized carbons (Fsp3) is 0.741. The molecule has 0 saturated carbocycles. The quantitative estimate of drug-likeness (QED) is 0.351. The molecule has 4 heterocycles. The summed E-state index contributed by atoms with van der Waals surface area (Å²) in [6, 6.07) is -0.824. The minimum Gasteiger partial charge on any atom is -0.465 e. The van der Waals surface area contributed by atoms with E-state index >= 15 is 0 Å². The molecule has 0 aromatic heterocycles. The molecule has 0 aromatic rings. The maximum absolute atomic E-state index is 14.1. The molecule has 194 valence electrons. The fourth-order valence-electron chi connectivity index (χ4n) is 6.01. The fourth-order valence-corrected chi connectivity index (χ4v) is 6.01. The summed E-state index contributed by atoms with van der Waals surface area (Å²) in [5, 5.41) is 9.08. The number of carbonyl (C=O) groups is 3. The molecular formula is C27H40N2O6. The van der Waals surface area contributed by atoms with E-state index in [9.17, 15) is 14.4 Å². The van der Waals surface area contributed by atoms with Crippen LogP contribution in [0.1, 0.15) is 65.7 Å². The first-order chi connectivity index (χ1) is 16.7. The van der Waals surface area contributed by atoms with Crippen molar-refractivity contribution in [3.05, 3.63) is 24.3 Å². The first-order valence-corrected chi connectivity index (χ1v) is 13.1. The number of rotatable bonds is 6. The summed E-state index contributed by atoms with van der Waals surface area (Å²) in [4.78, 5) is 44.8. The molecule has 0 aromatic carbocycles. The van der Waals surface area contributed by atoms with Crippen LogP contribution in [0.15, 0.2) is 24.3 Å². The Morgan fingerprint density at radius 2 is 1.83 bits per heavy atom. The molecule has 4 rings (SSSR count). The van der Waals surface area contributed by atoms with Gasteiger partial charge >= 0.3 is 5.97 Å². The molecule has 8 heteroatoms. The summed E-state index contributed by atoms with van der Waals surface area (Å²) in [5.41, 5.74) is -1.64. The molecule has 35 heavy (non-hydrogen) atoms. The second kappa shape index (κ2) is 10.4. The molecule has 0 aliphatic carbocycles. The Morgan fingerprint density at radius 1 is 1.06 bits per heavy atom. The Bertz CT molecular complexity index is 877. The molecule has 0 radical (unpaired) electrons. The number of ether oxygens (including phenoxy) is 2. The molecule has 1 unspecified atom stereocenters. The Kier molecular flexibility index (Phi) is 7.71. The minimum atomic E-state index is -1.20. The molecular weight excluding hydrogens is 448 g/mol. The van der Waals surface area contributed by atoms with Gasteiger partial charge in [0.15, 0.2) is 0 Å². The van der Waals surface area contributed by atoms with Crippen LogP contribution in [-0.4, -0.2) is 82.3 Å². The SMILES string of the molecule is CC(C)(C)N1CC=C[C@]23O[C@@H]4/C=C\CCCCOC(=O)[C@@H]4[C@H]2C(=O)N(CCCCCCO)C3C1=O. The van der Waals surface area contributed by atoms with E-state index < -0.39 is 41.1 Å². The average Bonchev–Trinajstić information content (AvgIpc) is 3.17. The van der Waals surface area contributed by atoms with E-state index in [1.54, 1.807) is 9.80 Å². The maximum atomic E-state index is 14.1. The van der Waals surface area contributed by atoms with Gasteiger partial charge in [0.25, 0.3) is 0 Å². The molecule has 0 bridgehead atoms. The molecule has 8 nitrogen and oxygen atoms in total. The average molecular weight is 489 g/mol. The number of nitrogens with zero attached hydrogens (tertiary/aromatic N) is 2. The van der Waals surface area contributed by atoms with E-state index in [0.717, 1.165) is 38.5 Å². The van der Waals surface area contributed by atoms with Crippen LogP contribution in [0, 0.1) is 11.8 Å². The highest BCUT2D eigenvalue weighted by Crippen LogP contribution is 2.53. The van der Waals surface area contributed by atoms with Crippen LogP contribution in [0.5, 0.6) is 0 Å². The van der Waals surface area contributed by atoms with E-state index in [4.69, 9.17) is 14.6 Å². The first-order valence-electron chi connectivity index (χ1n) is 13.1. The Balaban J connectivity index is 1.73. The minimum absolute atomic E-state index is 0.144. The standard InChI is InChI=1S/C27H40N2O6/c1-26(2,3)29-16-12-14-27-21(20-19(35-27)13-8-4-7-11-18-34-25(20)33)23(31)28(22(27)24(29)32)15-9-5-6-10-17-30/h8,12-14,19-22,30H,4-7,9-11,15-18H2,1-3H3/b13-8-/t19-,20+,21+,22?,27+/m1/s1. The molecule has 1 N–H and O–H groups in total. The van der Waals surface area contributed by atoms with Crippen LogP contribution >= 0.6 is 0 Å². The van der Waals surface area contributed by atoms with Gasteiger partial charge in [0.05, 0.1) is 18.6 Å². The molecule has 1 spiro atoms. The van der Waals surface area contributed by atoms with E-state index in [1.807, 2.05) is 45.1 Å². The predicted octanol–water partition coefficient (Wildman–Crippen LogP) is 2.60. The lowest BCUT2D eigenvalue weighted by Crippen LogP contribution is -2.58. The lowest BCUT2D eigenvalue weighted by atomic mass is 9.77. The smallest absolute Gasteiger partial charge is 0.312 e. The zero-order chi connectivity index (χ0) is 25.2. The first kappa shape index (κ1) is 25.9. The monoisotopic (exact) mass is 488 g/mol. The number of fused-ring (bicyclic) bond motifs is 2. The van der Waals surface area contributed by atoms with Gasteiger partial charge in [-0.25, -0.2) is 0 Å². The number of aliphatic hydroxyl groups is 1. The summed E-state index contributed by atoms with van der Waals surface area (Å²) >= 11 is 0. The number of esters is 1. The number of aliphatic hydroxyl groups excluding tert-OH is 1. The van der Waals surface area contributed by atoms with E-state index in [0.29, 0.717) is 26.1 Å². The third-order valence-electron chi connectivity index (χ3n) is 7.72. The number of amides is 2. The summed E-state index contributed by atoms with van der Waals surface area (Å²) in [7, 11) is 0. The van der Waals surface area contributed by atoms with Gasteiger partial charge in [0.2, 0.25) is 11.8 Å². The van der Waals surface area contributed by atoms with E-state index in [1.165, 1.54) is 0 Å². The van der Waals surface area contributed by atoms with Gasteiger partial charge in [-0.15, -0.1) is 0 Å². The van der Waals surface area contributed by atoms with Crippen molar-refractivity contribution in [2.24, 2.45) is 11.8 Å². The van der Waals surface area contributed by atoms with E-state index in [2.05, 4.69) is 0 Å². The number of hydrogen-bond acceptors (Lipinski definition) is 6. The van der Waals surface area contributed by atoms with Gasteiger partial charge in [0, 0.05) is 25.2 Å². The number of hydrogen-bond donors (Lipinski definition) is 1. The zero-order valence-electron chi connectivity index (χ0n) is 21.3.